The number of hydrogen-bond donors (Lipinski definition) is 2. The predicted octanol–water partition coefficient (Wildman–Crippen LogP) is 2.08. The molecule has 146 valence electrons. The van der Waals surface area contributed by atoms with E-state index in [0.717, 1.165) is 31.0 Å². The Balaban J connectivity index is 1.59. The summed E-state index contributed by atoms with van der Waals surface area (Å²) < 4.78 is 16.4. The summed E-state index contributed by atoms with van der Waals surface area (Å²) >= 11 is 0. The van der Waals surface area contributed by atoms with Crippen LogP contribution in [-0.4, -0.2) is 44.2 Å². The molecule has 7 nitrogen and oxygen atoms in total. The maximum atomic E-state index is 10.9. The van der Waals surface area contributed by atoms with Crippen LogP contribution >= 0.6 is 0 Å². The smallest absolute Gasteiger partial charge is 0.255 e. The molecule has 7 heteroatoms. The second-order valence-corrected chi connectivity index (χ2v) is 6.65. The average Bonchev–Trinajstić information content (AvgIpc) is 3.38. The summed E-state index contributed by atoms with van der Waals surface area (Å²) in [7, 11) is 1.57. The number of methoxy groups -OCH3 is 1. The summed E-state index contributed by atoms with van der Waals surface area (Å²) in [4.78, 5) is 13.4. The van der Waals surface area contributed by atoms with Crippen LogP contribution in [0.1, 0.15) is 30.2 Å². The summed E-state index contributed by atoms with van der Waals surface area (Å²) in [5.41, 5.74) is 6.19. The first-order valence-electron chi connectivity index (χ1n) is 9.23. The number of likely N-dealkylation sites (tertiary alicyclic amines) is 1. The summed E-state index contributed by atoms with van der Waals surface area (Å²) in [5.74, 6) is 1.56. The van der Waals surface area contributed by atoms with E-state index < -0.39 is 5.91 Å². The lowest BCUT2D eigenvalue weighted by Gasteiger charge is -2.26. The van der Waals surface area contributed by atoms with E-state index in [1.54, 1.807) is 19.4 Å². The zero-order valence-electron chi connectivity index (χ0n) is 15.6. The van der Waals surface area contributed by atoms with E-state index in [-0.39, 0.29) is 12.6 Å². The van der Waals surface area contributed by atoms with Crippen molar-refractivity contribution in [3.05, 3.63) is 47.9 Å². The number of rotatable bonds is 10. The Kier molecular flexibility index (Phi) is 6.73. The van der Waals surface area contributed by atoms with Gasteiger partial charge < -0.3 is 24.9 Å². The van der Waals surface area contributed by atoms with E-state index in [2.05, 4.69) is 10.2 Å². The highest BCUT2D eigenvalue weighted by Crippen LogP contribution is 2.28. The fourth-order valence-corrected chi connectivity index (χ4v) is 3.39. The highest BCUT2D eigenvalue weighted by atomic mass is 16.5. The van der Waals surface area contributed by atoms with Gasteiger partial charge in [-0.15, -0.1) is 0 Å². The third-order valence-electron chi connectivity index (χ3n) is 4.72. The molecule has 1 aromatic heterocycles. The largest absolute Gasteiger partial charge is 0.493 e. The molecule has 3 N–H and O–H groups in total. The van der Waals surface area contributed by atoms with E-state index in [0.29, 0.717) is 18.0 Å². The maximum absolute atomic E-state index is 10.9. The van der Waals surface area contributed by atoms with Crippen molar-refractivity contribution >= 4 is 5.91 Å². The van der Waals surface area contributed by atoms with Crippen molar-refractivity contribution in [3.8, 4) is 11.5 Å². The van der Waals surface area contributed by atoms with Crippen LogP contribution in [0.3, 0.4) is 0 Å². The van der Waals surface area contributed by atoms with E-state index in [1.807, 2.05) is 24.3 Å². The van der Waals surface area contributed by atoms with Crippen LogP contribution in [0.15, 0.2) is 41.0 Å². The van der Waals surface area contributed by atoms with Crippen LogP contribution in [0.25, 0.3) is 0 Å². The molecule has 0 aliphatic carbocycles. The summed E-state index contributed by atoms with van der Waals surface area (Å²) in [5, 5.41) is 3.52. The number of nitrogens with zero attached hydrogens (tertiary/aromatic N) is 1. The van der Waals surface area contributed by atoms with Gasteiger partial charge >= 0.3 is 0 Å². The van der Waals surface area contributed by atoms with E-state index in [9.17, 15) is 4.79 Å². The van der Waals surface area contributed by atoms with E-state index in [1.165, 1.54) is 12.8 Å². The molecule has 1 aliphatic heterocycles. The molecular formula is C20H27N3O4. The minimum Gasteiger partial charge on any atom is -0.493 e. The number of ether oxygens (including phenoxy) is 2. The number of benzene rings is 1. The molecule has 0 saturated carbocycles. The van der Waals surface area contributed by atoms with Gasteiger partial charge in [0.15, 0.2) is 18.1 Å². The molecule has 0 bridgehead atoms. The van der Waals surface area contributed by atoms with Gasteiger partial charge in [-0.05, 0) is 55.8 Å². The number of furan rings is 1. The van der Waals surface area contributed by atoms with Crippen molar-refractivity contribution in [3.63, 3.8) is 0 Å². The molecule has 1 amide bonds. The van der Waals surface area contributed by atoms with E-state index in [4.69, 9.17) is 19.6 Å². The number of hydrogen-bond acceptors (Lipinski definition) is 6. The first kappa shape index (κ1) is 19.3. The number of nitrogens with two attached hydrogens (primary N) is 1. The van der Waals surface area contributed by atoms with Gasteiger partial charge in [-0.25, -0.2) is 0 Å². The topological polar surface area (TPSA) is 90.0 Å². The summed E-state index contributed by atoms with van der Waals surface area (Å²) in [6.07, 6.45) is 4.20. The van der Waals surface area contributed by atoms with Crippen molar-refractivity contribution in [2.24, 2.45) is 5.73 Å². The molecule has 27 heavy (non-hydrogen) atoms. The molecule has 2 aromatic rings. The number of nitrogens with one attached hydrogen (secondary N) is 1. The Morgan fingerprint density at radius 3 is 2.78 bits per heavy atom. The van der Waals surface area contributed by atoms with Crippen LogP contribution in [0.4, 0.5) is 0 Å². The van der Waals surface area contributed by atoms with Gasteiger partial charge in [0.1, 0.15) is 5.76 Å². The molecule has 3 rings (SSSR count). The molecule has 2 heterocycles. The van der Waals surface area contributed by atoms with Gasteiger partial charge in [0.2, 0.25) is 0 Å². The van der Waals surface area contributed by atoms with Gasteiger partial charge in [0.25, 0.3) is 5.91 Å². The van der Waals surface area contributed by atoms with Gasteiger partial charge in [-0.2, -0.15) is 0 Å². The lowest BCUT2D eigenvalue weighted by atomic mass is 10.1. The fraction of sp³-hybridized carbons (Fsp3) is 0.450. The second-order valence-electron chi connectivity index (χ2n) is 6.65. The summed E-state index contributed by atoms with van der Waals surface area (Å²) in [6.45, 7) is 3.53. The monoisotopic (exact) mass is 373 g/mol. The van der Waals surface area contributed by atoms with Crippen molar-refractivity contribution in [2.75, 3.05) is 33.4 Å². The Morgan fingerprint density at radius 1 is 1.30 bits per heavy atom. The Bertz CT molecular complexity index is 727. The molecule has 1 saturated heterocycles. The minimum atomic E-state index is -0.520. The zero-order chi connectivity index (χ0) is 19.1. The van der Waals surface area contributed by atoms with E-state index >= 15 is 0 Å². The molecule has 1 atom stereocenters. The van der Waals surface area contributed by atoms with Crippen LogP contribution in [0, 0.1) is 0 Å². The molecule has 1 fully saturated rings. The fourth-order valence-electron chi connectivity index (χ4n) is 3.39. The van der Waals surface area contributed by atoms with Crippen LogP contribution in [-0.2, 0) is 11.3 Å². The molecule has 1 aromatic carbocycles. The lowest BCUT2D eigenvalue weighted by molar-refractivity contribution is -0.119. The quantitative estimate of drug-likeness (QED) is 0.663. The molecule has 0 spiro atoms. The van der Waals surface area contributed by atoms with Gasteiger partial charge in [-0.3, -0.25) is 9.69 Å². The average molecular weight is 373 g/mol. The van der Waals surface area contributed by atoms with Crippen molar-refractivity contribution < 1.29 is 18.7 Å². The predicted molar refractivity (Wildman–Crippen MR) is 102 cm³/mol. The SMILES string of the molecule is COc1cc(CNC[C@@H](c2ccco2)N2CCCC2)ccc1OCC(N)=O. The highest BCUT2D eigenvalue weighted by molar-refractivity contribution is 5.75. The van der Waals surface area contributed by atoms with Crippen molar-refractivity contribution in [2.45, 2.75) is 25.4 Å². The van der Waals surface area contributed by atoms with Crippen molar-refractivity contribution in [1.82, 2.24) is 10.2 Å². The third kappa shape index (κ3) is 5.24. The Labute approximate surface area is 159 Å². The maximum Gasteiger partial charge on any atom is 0.255 e. The Hall–Kier alpha value is -2.51. The third-order valence-corrected chi connectivity index (χ3v) is 4.72. The first-order chi connectivity index (χ1) is 13.2. The Morgan fingerprint density at radius 2 is 2.11 bits per heavy atom. The zero-order valence-corrected chi connectivity index (χ0v) is 15.6. The molecule has 0 radical (unpaired) electrons. The number of carbonyl (C=O) groups is 1. The first-order valence-corrected chi connectivity index (χ1v) is 9.23. The van der Waals surface area contributed by atoms with Gasteiger partial charge in [0, 0.05) is 13.1 Å². The highest BCUT2D eigenvalue weighted by Gasteiger charge is 2.25. The number of amides is 1. The minimum absolute atomic E-state index is 0.172. The lowest BCUT2D eigenvalue weighted by Crippen LogP contribution is -2.33. The van der Waals surface area contributed by atoms with Crippen LogP contribution < -0.4 is 20.5 Å². The second kappa shape index (κ2) is 9.43. The summed E-state index contributed by atoms with van der Waals surface area (Å²) in [6, 6.07) is 9.86. The van der Waals surface area contributed by atoms with Crippen molar-refractivity contribution in [1.29, 1.82) is 0 Å². The van der Waals surface area contributed by atoms with Crippen LogP contribution in [0.2, 0.25) is 0 Å². The van der Waals surface area contributed by atoms with Gasteiger partial charge in [-0.1, -0.05) is 6.07 Å². The van der Waals surface area contributed by atoms with Gasteiger partial charge in [0.05, 0.1) is 19.4 Å². The standard InChI is InChI=1S/C20H27N3O4/c1-25-19-11-15(6-7-18(19)27-14-20(21)24)12-22-13-16(17-5-4-10-26-17)23-8-2-3-9-23/h4-7,10-11,16,22H,2-3,8-9,12-14H2,1H3,(H2,21,24)/t16-/m0/s1. The molecular weight excluding hydrogens is 346 g/mol. The number of primary amides is 1. The van der Waals surface area contributed by atoms with Crippen LogP contribution in [0.5, 0.6) is 11.5 Å². The molecule has 0 unspecified atom stereocenters. The normalized spacial score (nSPS) is 15.6. The molecule has 1 aliphatic rings. The number of carbonyl (C=O) groups excluding carboxylic acids is 1.